The first-order valence-corrected chi connectivity index (χ1v) is 17.8. The quantitative estimate of drug-likeness (QED) is 0.184. The van der Waals surface area contributed by atoms with Gasteiger partial charge >= 0.3 is 0 Å². The first-order valence-electron chi connectivity index (χ1n) is 17.8. The smallest absolute Gasteiger partial charge is 0.164 e. The molecule has 246 valence electrons. The Morgan fingerprint density at radius 3 is 1.73 bits per heavy atom. The highest BCUT2D eigenvalue weighted by molar-refractivity contribution is 5.98. The molecular weight excluding hydrogens is 627 g/mol. The van der Waals surface area contributed by atoms with Crippen molar-refractivity contribution < 1.29 is 0 Å². The average Bonchev–Trinajstić information content (AvgIpc) is 3.15. The van der Waals surface area contributed by atoms with Crippen molar-refractivity contribution in [3.05, 3.63) is 114 Å². The maximum absolute atomic E-state index is 9.53. The van der Waals surface area contributed by atoms with Crippen molar-refractivity contribution in [1.29, 1.82) is 10.5 Å². The molecule has 0 saturated heterocycles. The maximum atomic E-state index is 9.53. The Labute approximate surface area is 296 Å². The number of benzene rings is 4. The van der Waals surface area contributed by atoms with E-state index in [0.717, 1.165) is 49.8 Å². The van der Waals surface area contributed by atoms with Crippen LogP contribution in [0.15, 0.2) is 97.3 Å². The lowest BCUT2D eigenvalue weighted by atomic mass is 9.54. The molecule has 51 heavy (non-hydrogen) atoms. The fourth-order valence-corrected chi connectivity index (χ4v) is 9.41. The summed E-state index contributed by atoms with van der Waals surface area (Å²) in [5.74, 6) is 3.86. The average molecular weight is 662 g/mol. The van der Waals surface area contributed by atoms with Gasteiger partial charge in [-0.1, -0.05) is 50.2 Å². The van der Waals surface area contributed by atoms with Gasteiger partial charge < -0.3 is 0 Å². The normalized spacial score (nSPS) is 21.4. The molecule has 4 aromatic carbocycles. The van der Waals surface area contributed by atoms with Crippen molar-refractivity contribution >= 4 is 32.6 Å². The van der Waals surface area contributed by atoms with Crippen molar-refractivity contribution in [2.45, 2.75) is 51.4 Å². The Balaban J connectivity index is 1.25. The minimum atomic E-state index is 0.177. The minimum Gasteiger partial charge on any atom is -0.255 e. The summed E-state index contributed by atoms with van der Waals surface area (Å²) in [6.07, 6.45) is 9.57. The van der Waals surface area contributed by atoms with Crippen LogP contribution in [-0.2, 0) is 5.41 Å². The second-order valence-corrected chi connectivity index (χ2v) is 14.9. The number of nitriles is 2. The molecule has 2 fully saturated rings. The monoisotopic (exact) mass is 661 g/mol. The molecular formula is C44H35N7. The molecule has 4 atom stereocenters. The van der Waals surface area contributed by atoms with E-state index in [2.05, 4.69) is 72.4 Å². The van der Waals surface area contributed by atoms with Gasteiger partial charge in [0.05, 0.1) is 22.2 Å². The molecule has 1 unspecified atom stereocenters. The van der Waals surface area contributed by atoms with Gasteiger partial charge in [0.2, 0.25) is 0 Å². The van der Waals surface area contributed by atoms with E-state index >= 15 is 0 Å². The highest BCUT2D eigenvalue weighted by Crippen LogP contribution is 2.55. The highest BCUT2D eigenvalue weighted by atomic mass is 15.0. The summed E-state index contributed by atoms with van der Waals surface area (Å²) in [7, 11) is 0. The summed E-state index contributed by atoms with van der Waals surface area (Å²) in [4.78, 5) is 24.3. The van der Waals surface area contributed by atoms with E-state index in [1.807, 2.05) is 48.5 Å². The van der Waals surface area contributed by atoms with Crippen molar-refractivity contribution in [3.8, 4) is 46.3 Å². The predicted molar refractivity (Wildman–Crippen MR) is 200 cm³/mol. The van der Waals surface area contributed by atoms with Crippen molar-refractivity contribution in [2.24, 2.45) is 17.8 Å². The first kappa shape index (κ1) is 31.0. The van der Waals surface area contributed by atoms with Gasteiger partial charge in [-0.15, -0.1) is 0 Å². The maximum Gasteiger partial charge on any atom is 0.164 e. The van der Waals surface area contributed by atoms with Gasteiger partial charge in [-0.05, 0) is 120 Å². The standard InChI is InChI=1S/C44H35N7/c1-26-13-28-14-27(2)20-44(19-26,21-28)38-10-9-37(35-5-3-4-6-36(35)38)43-50-41(31-7-11-39-33(17-31)15-29(22-45)24-47-39)49-42(51-43)32-8-12-40-34(18-32)16-30(23-46)25-48-40/h3-12,15-18,24-28H,13-14,19-21H2,1-2H3/t26-,27+,28-,44?. The third-order valence-corrected chi connectivity index (χ3v) is 11.1. The van der Waals surface area contributed by atoms with Crippen LogP contribution in [0.25, 0.3) is 66.7 Å². The first-order chi connectivity index (χ1) is 24.9. The number of pyridine rings is 2. The Hall–Kier alpha value is -6.05. The topological polar surface area (TPSA) is 112 Å². The van der Waals surface area contributed by atoms with E-state index in [0.29, 0.717) is 40.4 Å². The predicted octanol–water partition coefficient (Wildman–Crippen LogP) is 9.97. The van der Waals surface area contributed by atoms with E-state index in [1.165, 1.54) is 43.1 Å². The molecule has 7 heteroatoms. The highest BCUT2D eigenvalue weighted by Gasteiger charge is 2.46. The zero-order valence-corrected chi connectivity index (χ0v) is 28.6. The van der Waals surface area contributed by atoms with E-state index in [-0.39, 0.29) is 5.41 Å². The van der Waals surface area contributed by atoms with Crippen LogP contribution in [0.1, 0.15) is 62.6 Å². The van der Waals surface area contributed by atoms with Gasteiger partial charge in [0.15, 0.2) is 17.5 Å². The van der Waals surface area contributed by atoms with E-state index in [1.54, 1.807) is 12.4 Å². The lowest BCUT2D eigenvalue weighted by Crippen LogP contribution is -2.42. The zero-order valence-electron chi connectivity index (χ0n) is 28.6. The van der Waals surface area contributed by atoms with Gasteiger partial charge in [0.1, 0.15) is 12.1 Å². The summed E-state index contributed by atoms with van der Waals surface area (Å²) in [5, 5.41) is 23.2. The van der Waals surface area contributed by atoms with Crippen molar-refractivity contribution in [3.63, 3.8) is 0 Å². The van der Waals surface area contributed by atoms with E-state index in [9.17, 15) is 10.5 Å². The minimum absolute atomic E-state index is 0.177. The van der Waals surface area contributed by atoms with Crippen LogP contribution in [0.2, 0.25) is 0 Å². The molecule has 2 saturated carbocycles. The molecule has 0 aliphatic heterocycles. The van der Waals surface area contributed by atoms with Crippen LogP contribution in [0.3, 0.4) is 0 Å². The third kappa shape index (κ3) is 5.47. The van der Waals surface area contributed by atoms with Gasteiger partial charge in [0, 0.05) is 39.9 Å². The third-order valence-electron chi connectivity index (χ3n) is 11.1. The summed E-state index contributed by atoms with van der Waals surface area (Å²) in [6.45, 7) is 4.88. The van der Waals surface area contributed by atoms with Crippen LogP contribution in [0.4, 0.5) is 0 Å². The second kappa shape index (κ2) is 12.1. The summed E-state index contributed by atoms with van der Waals surface area (Å²) < 4.78 is 0. The molecule has 2 aliphatic carbocycles. The number of nitrogens with zero attached hydrogens (tertiary/aromatic N) is 7. The molecule has 7 nitrogen and oxygen atoms in total. The molecule has 2 aliphatic rings. The molecule has 0 spiro atoms. The number of fused-ring (bicyclic) bond motifs is 5. The molecule has 0 amide bonds. The fraction of sp³-hybridized carbons (Fsp3) is 0.250. The number of rotatable bonds is 4. The lowest BCUT2D eigenvalue weighted by Gasteiger charge is -2.51. The van der Waals surface area contributed by atoms with Crippen LogP contribution in [0.5, 0.6) is 0 Å². The Bertz CT molecular complexity index is 2480. The second-order valence-electron chi connectivity index (χ2n) is 14.9. The van der Waals surface area contributed by atoms with Crippen LogP contribution >= 0.6 is 0 Å². The Morgan fingerprint density at radius 1 is 0.608 bits per heavy atom. The van der Waals surface area contributed by atoms with Crippen LogP contribution < -0.4 is 0 Å². The molecule has 3 aromatic heterocycles. The fourth-order valence-electron chi connectivity index (χ4n) is 9.41. The molecule has 3 heterocycles. The number of hydrogen-bond acceptors (Lipinski definition) is 7. The van der Waals surface area contributed by atoms with Gasteiger partial charge in [-0.25, -0.2) is 15.0 Å². The SMILES string of the molecule is C[C@@H]1C[C@@H]2C[C@H](C)CC(c3ccc(-c4nc(-c5ccc6ncc(C#N)cc6c5)nc(-c5ccc6ncc(C#N)cc6c5)n4)c4ccccc34)(C1)C2. The van der Waals surface area contributed by atoms with E-state index < -0.39 is 0 Å². The summed E-state index contributed by atoms with van der Waals surface area (Å²) in [6, 6.07) is 33.2. The molecule has 9 rings (SSSR count). The number of aromatic nitrogens is 5. The van der Waals surface area contributed by atoms with Crippen LogP contribution in [0, 0.1) is 40.4 Å². The number of hydrogen-bond donors (Lipinski definition) is 0. The summed E-state index contributed by atoms with van der Waals surface area (Å²) >= 11 is 0. The van der Waals surface area contributed by atoms with Crippen LogP contribution in [-0.4, -0.2) is 24.9 Å². The zero-order chi connectivity index (χ0) is 34.7. The molecule has 0 radical (unpaired) electrons. The van der Waals surface area contributed by atoms with Crippen molar-refractivity contribution in [1.82, 2.24) is 24.9 Å². The molecule has 7 aromatic rings. The van der Waals surface area contributed by atoms with Crippen molar-refractivity contribution in [2.75, 3.05) is 0 Å². The van der Waals surface area contributed by atoms with E-state index in [4.69, 9.17) is 15.0 Å². The largest absolute Gasteiger partial charge is 0.255 e. The Morgan fingerprint density at radius 2 is 1.16 bits per heavy atom. The Kier molecular flexibility index (Phi) is 7.33. The van der Waals surface area contributed by atoms with Gasteiger partial charge in [-0.3, -0.25) is 9.97 Å². The van der Waals surface area contributed by atoms with Gasteiger partial charge in [0.25, 0.3) is 0 Å². The van der Waals surface area contributed by atoms with Gasteiger partial charge in [-0.2, -0.15) is 10.5 Å². The molecule has 0 N–H and O–H groups in total. The lowest BCUT2D eigenvalue weighted by molar-refractivity contribution is 0.0790. The molecule has 2 bridgehead atoms. The summed E-state index contributed by atoms with van der Waals surface area (Å²) in [5.41, 5.74) is 6.78.